The van der Waals surface area contributed by atoms with Gasteiger partial charge in [0.1, 0.15) is 18.4 Å². The van der Waals surface area contributed by atoms with E-state index in [1.54, 1.807) is 13.8 Å². The summed E-state index contributed by atoms with van der Waals surface area (Å²) in [7, 11) is 0. The maximum absolute atomic E-state index is 11.2. The third-order valence-electron chi connectivity index (χ3n) is 1.89. The van der Waals surface area contributed by atoms with Crippen LogP contribution in [0.15, 0.2) is 12.3 Å². The van der Waals surface area contributed by atoms with Crippen LogP contribution in [0.25, 0.3) is 0 Å². The summed E-state index contributed by atoms with van der Waals surface area (Å²) in [5.74, 6) is -0.914. The van der Waals surface area contributed by atoms with Gasteiger partial charge in [-0.1, -0.05) is 0 Å². The number of primary amides is 1. The van der Waals surface area contributed by atoms with E-state index in [1.807, 2.05) is 0 Å². The first kappa shape index (κ1) is 13.8. The number of amides is 1. The molecule has 0 spiro atoms. The number of pyridine rings is 1. The molecule has 0 unspecified atom stereocenters. The van der Waals surface area contributed by atoms with E-state index in [2.05, 4.69) is 4.98 Å². The van der Waals surface area contributed by atoms with Crippen LogP contribution in [-0.2, 0) is 0 Å². The fourth-order valence-corrected chi connectivity index (χ4v) is 1.09. The van der Waals surface area contributed by atoms with E-state index < -0.39 is 16.4 Å². The fourth-order valence-electron chi connectivity index (χ4n) is 1.09. The molecule has 1 rings (SSSR count). The molecule has 0 radical (unpaired) electrons. The minimum atomic E-state index is -0.851. The summed E-state index contributed by atoms with van der Waals surface area (Å²) in [4.78, 5) is 24.8. The molecule has 0 aliphatic rings. The summed E-state index contributed by atoms with van der Waals surface area (Å²) in [6.07, 6.45) is 0.991. The second-order valence-corrected chi connectivity index (χ2v) is 4.44. The first-order valence-electron chi connectivity index (χ1n) is 5.06. The van der Waals surface area contributed by atoms with Gasteiger partial charge in [0, 0.05) is 11.6 Å². The van der Waals surface area contributed by atoms with E-state index in [9.17, 15) is 14.9 Å². The van der Waals surface area contributed by atoms with Crippen LogP contribution in [0.4, 0.5) is 5.69 Å². The predicted molar refractivity (Wildman–Crippen MR) is 63.2 cm³/mol. The summed E-state index contributed by atoms with van der Waals surface area (Å²) in [6.45, 7) is 3.54. The number of hydrogen-bond acceptors (Lipinski definition) is 6. The Morgan fingerprint density at radius 3 is 2.67 bits per heavy atom. The Morgan fingerprint density at radius 2 is 2.22 bits per heavy atom. The third-order valence-corrected chi connectivity index (χ3v) is 1.89. The Morgan fingerprint density at radius 1 is 1.61 bits per heavy atom. The number of ether oxygens (including phenoxy) is 1. The van der Waals surface area contributed by atoms with Crippen molar-refractivity contribution >= 4 is 11.6 Å². The van der Waals surface area contributed by atoms with Crippen LogP contribution in [0.5, 0.6) is 5.88 Å². The highest BCUT2D eigenvalue weighted by Gasteiger charge is 2.19. The van der Waals surface area contributed by atoms with Gasteiger partial charge in [-0.05, 0) is 13.8 Å². The molecule has 98 valence electrons. The Labute approximate surface area is 103 Å². The number of carbonyl (C=O) groups is 1. The van der Waals surface area contributed by atoms with Crippen molar-refractivity contribution in [1.82, 2.24) is 4.98 Å². The smallest absolute Gasteiger partial charge is 0.288 e. The van der Waals surface area contributed by atoms with E-state index in [0.29, 0.717) is 0 Å². The van der Waals surface area contributed by atoms with Crippen LogP contribution in [0.2, 0.25) is 0 Å². The molecule has 0 saturated heterocycles. The van der Waals surface area contributed by atoms with E-state index in [1.165, 1.54) is 0 Å². The molecule has 1 aromatic rings. The number of nitrogens with two attached hydrogens (primary N) is 2. The standard InChI is InChI=1S/C10H14N4O4/c1-10(2,12)5-18-9-7(8(11)15)3-6(4-13-9)14(16)17/h3-4H,5,12H2,1-2H3,(H2,11,15). The quantitative estimate of drug-likeness (QED) is 0.569. The molecule has 18 heavy (non-hydrogen) atoms. The molecule has 1 amide bonds. The third kappa shape index (κ3) is 3.67. The van der Waals surface area contributed by atoms with Crippen molar-refractivity contribution in [1.29, 1.82) is 0 Å². The van der Waals surface area contributed by atoms with Gasteiger partial charge < -0.3 is 16.2 Å². The van der Waals surface area contributed by atoms with Crippen molar-refractivity contribution in [3.05, 3.63) is 27.9 Å². The summed E-state index contributed by atoms with van der Waals surface area (Å²) in [5.41, 5.74) is 9.72. The number of carbonyl (C=O) groups excluding carboxylic acids is 1. The largest absolute Gasteiger partial charge is 0.475 e. The summed E-state index contributed by atoms with van der Waals surface area (Å²) < 4.78 is 5.24. The summed E-state index contributed by atoms with van der Waals surface area (Å²) in [6, 6.07) is 1.02. The molecule has 1 heterocycles. The van der Waals surface area contributed by atoms with Gasteiger partial charge in [0.25, 0.3) is 11.6 Å². The monoisotopic (exact) mass is 254 g/mol. The number of nitrogens with zero attached hydrogens (tertiary/aromatic N) is 2. The molecule has 0 fully saturated rings. The van der Waals surface area contributed by atoms with Crippen molar-refractivity contribution in [2.24, 2.45) is 11.5 Å². The number of hydrogen-bond donors (Lipinski definition) is 2. The molecule has 1 aromatic heterocycles. The number of rotatable bonds is 5. The maximum atomic E-state index is 11.2. The van der Waals surface area contributed by atoms with Gasteiger partial charge in [0.05, 0.1) is 4.92 Å². The van der Waals surface area contributed by atoms with E-state index in [4.69, 9.17) is 16.2 Å². The molecule has 0 aliphatic heterocycles. The zero-order valence-corrected chi connectivity index (χ0v) is 10.0. The summed E-state index contributed by atoms with van der Waals surface area (Å²) in [5, 5.41) is 10.6. The molecular formula is C10H14N4O4. The van der Waals surface area contributed by atoms with E-state index in [0.717, 1.165) is 12.3 Å². The molecule has 8 nitrogen and oxygen atoms in total. The fraction of sp³-hybridized carbons (Fsp3) is 0.400. The molecule has 0 aromatic carbocycles. The van der Waals surface area contributed by atoms with Crippen molar-refractivity contribution in [2.45, 2.75) is 19.4 Å². The molecule has 4 N–H and O–H groups in total. The molecule has 0 atom stereocenters. The van der Waals surface area contributed by atoms with Crippen LogP contribution in [0.1, 0.15) is 24.2 Å². The van der Waals surface area contributed by atoms with Crippen LogP contribution in [0, 0.1) is 10.1 Å². The summed E-state index contributed by atoms with van der Waals surface area (Å²) >= 11 is 0. The molecule has 0 bridgehead atoms. The topological polar surface area (TPSA) is 134 Å². The lowest BCUT2D eigenvalue weighted by Crippen LogP contribution is -2.39. The van der Waals surface area contributed by atoms with E-state index >= 15 is 0 Å². The molecule has 8 heteroatoms. The zero-order chi connectivity index (χ0) is 13.9. The lowest BCUT2D eigenvalue weighted by atomic mass is 10.1. The SMILES string of the molecule is CC(C)(N)COc1ncc([N+](=O)[O-])cc1C(N)=O. The molecular weight excluding hydrogens is 240 g/mol. The van der Waals surface area contributed by atoms with Crippen LogP contribution < -0.4 is 16.2 Å². The van der Waals surface area contributed by atoms with Gasteiger partial charge in [0.2, 0.25) is 5.88 Å². The minimum Gasteiger partial charge on any atom is -0.475 e. The first-order valence-corrected chi connectivity index (χ1v) is 5.06. The maximum Gasteiger partial charge on any atom is 0.288 e. The van der Waals surface area contributed by atoms with Crippen molar-refractivity contribution < 1.29 is 14.5 Å². The van der Waals surface area contributed by atoms with E-state index in [-0.39, 0.29) is 23.7 Å². The van der Waals surface area contributed by atoms with Gasteiger partial charge in [-0.25, -0.2) is 4.98 Å². The minimum absolute atomic E-state index is 0.0633. The lowest BCUT2D eigenvalue weighted by Gasteiger charge is -2.19. The Bertz CT molecular complexity index is 481. The number of nitro groups is 1. The Hall–Kier alpha value is -2.22. The average Bonchev–Trinajstić information content (AvgIpc) is 2.24. The first-order chi connectivity index (χ1) is 8.20. The lowest BCUT2D eigenvalue weighted by molar-refractivity contribution is -0.385. The average molecular weight is 254 g/mol. The normalized spacial score (nSPS) is 11.1. The van der Waals surface area contributed by atoms with Crippen molar-refractivity contribution in [3.63, 3.8) is 0 Å². The van der Waals surface area contributed by atoms with Crippen LogP contribution in [0.3, 0.4) is 0 Å². The zero-order valence-electron chi connectivity index (χ0n) is 10.0. The van der Waals surface area contributed by atoms with Gasteiger partial charge in [0.15, 0.2) is 0 Å². The number of aromatic nitrogens is 1. The van der Waals surface area contributed by atoms with Crippen LogP contribution >= 0.6 is 0 Å². The second kappa shape index (κ2) is 4.96. The van der Waals surface area contributed by atoms with Gasteiger partial charge in [-0.15, -0.1) is 0 Å². The van der Waals surface area contributed by atoms with Crippen LogP contribution in [-0.4, -0.2) is 28.0 Å². The Balaban J connectivity index is 3.05. The predicted octanol–water partition coefficient (Wildman–Crippen LogP) is 0.205. The second-order valence-electron chi connectivity index (χ2n) is 4.44. The van der Waals surface area contributed by atoms with Crippen molar-refractivity contribution in [3.8, 4) is 5.88 Å². The highest BCUT2D eigenvalue weighted by atomic mass is 16.6. The van der Waals surface area contributed by atoms with Crippen molar-refractivity contribution in [2.75, 3.05) is 6.61 Å². The van der Waals surface area contributed by atoms with Gasteiger partial charge in [-0.2, -0.15) is 0 Å². The molecule has 0 saturated carbocycles. The highest BCUT2D eigenvalue weighted by Crippen LogP contribution is 2.21. The highest BCUT2D eigenvalue weighted by molar-refractivity contribution is 5.95. The molecule has 0 aliphatic carbocycles. The Kier molecular flexibility index (Phi) is 3.82. The van der Waals surface area contributed by atoms with Gasteiger partial charge in [-0.3, -0.25) is 14.9 Å². The van der Waals surface area contributed by atoms with Gasteiger partial charge >= 0.3 is 0 Å².